The number of ether oxygens (including phenoxy) is 2. The lowest BCUT2D eigenvalue weighted by molar-refractivity contribution is -0.121. The standard InChI is InChI=1S/C16H21NO4/c1-9-10(2)21-11(3)14(9)15(18)17-13-7-5-12(6-8-13)16(19)20-4/h5-11,14H,1-4H3,(H,17,18). The fourth-order valence-electron chi connectivity index (χ4n) is 2.75. The molecule has 0 saturated carbocycles. The Morgan fingerprint density at radius 3 is 2.19 bits per heavy atom. The van der Waals surface area contributed by atoms with E-state index in [-0.39, 0.29) is 30.0 Å². The average molecular weight is 291 g/mol. The SMILES string of the molecule is COC(=O)c1ccc(NC(=O)C2C(C)OC(C)C2C)cc1. The van der Waals surface area contributed by atoms with E-state index in [9.17, 15) is 9.59 Å². The summed E-state index contributed by atoms with van der Waals surface area (Å²) in [6.07, 6.45) is -0.0122. The molecule has 1 saturated heterocycles. The molecule has 5 heteroatoms. The molecule has 1 fully saturated rings. The maximum absolute atomic E-state index is 12.4. The van der Waals surface area contributed by atoms with Crippen molar-refractivity contribution in [2.75, 3.05) is 12.4 Å². The van der Waals surface area contributed by atoms with Gasteiger partial charge in [-0.2, -0.15) is 0 Å². The zero-order valence-electron chi connectivity index (χ0n) is 12.8. The summed E-state index contributed by atoms with van der Waals surface area (Å²) in [4.78, 5) is 23.7. The Morgan fingerprint density at radius 2 is 1.71 bits per heavy atom. The Bertz CT molecular complexity index is 526. The summed E-state index contributed by atoms with van der Waals surface area (Å²) in [6, 6.07) is 6.64. The van der Waals surface area contributed by atoms with E-state index in [4.69, 9.17) is 4.74 Å². The third-order valence-electron chi connectivity index (χ3n) is 4.12. The van der Waals surface area contributed by atoms with Gasteiger partial charge in [0.2, 0.25) is 5.91 Å². The van der Waals surface area contributed by atoms with Crippen LogP contribution in [0.15, 0.2) is 24.3 Å². The predicted octanol–water partition coefficient (Wildman–Crippen LogP) is 2.47. The van der Waals surface area contributed by atoms with Crippen LogP contribution in [0.25, 0.3) is 0 Å². The first kappa shape index (κ1) is 15.5. The van der Waals surface area contributed by atoms with E-state index in [1.54, 1.807) is 24.3 Å². The molecule has 0 spiro atoms. The number of methoxy groups -OCH3 is 1. The zero-order chi connectivity index (χ0) is 15.6. The Balaban J connectivity index is 2.04. The molecule has 114 valence electrons. The van der Waals surface area contributed by atoms with Crippen molar-refractivity contribution in [3.8, 4) is 0 Å². The second-order valence-electron chi connectivity index (χ2n) is 5.49. The van der Waals surface area contributed by atoms with Gasteiger partial charge in [0.25, 0.3) is 0 Å². The van der Waals surface area contributed by atoms with Crippen molar-refractivity contribution < 1.29 is 19.1 Å². The second-order valence-corrected chi connectivity index (χ2v) is 5.49. The third kappa shape index (κ3) is 3.24. The normalized spacial score (nSPS) is 28.2. The maximum atomic E-state index is 12.4. The number of benzene rings is 1. The van der Waals surface area contributed by atoms with Crippen LogP contribution in [-0.4, -0.2) is 31.2 Å². The van der Waals surface area contributed by atoms with Crippen molar-refractivity contribution in [2.24, 2.45) is 11.8 Å². The molecule has 1 aliphatic heterocycles. The van der Waals surface area contributed by atoms with Crippen molar-refractivity contribution in [1.29, 1.82) is 0 Å². The quantitative estimate of drug-likeness (QED) is 0.869. The molecule has 5 nitrogen and oxygen atoms in total. The van der Waals surface area contributed by atoms with Gasteiger partial charge < -0.3 is 14.8 Å². The topological polar surface area (TPSA) is 64.6 Å². The van der Waals surface area contributed by atoms with Gasteiger partial charge in [-0.25, -0.2) is 4.79 Å². The minimum atomic E-state index is -0.395. The number of amides is 1. The van der Waals surface area contributed by atoms with Crippen LogP contribution >= 0.6 is 0 Å². The van der Waals surface area contributed by atoms with Gasteiger partial charge in [0.15, 0.2) is 0 Å². The van der Waals surface area contributed by atoms with Crippen LogP contribution < -0.4 is 5.32 Å². The minimum Gasteiger partial charge on any atom is -0.465 e. The van der Waals surface area contributed by atoms with Gasteiger partial charge in [-0.05, 0) is 44.0 Å². The van der Waals surface area contributed by atoms with Crippen molar-refractivity contribution in [3.05, 3.63) is 29.8 Å². The molecule has 1 aliphatic rings. The van der Waals surface area contributed by atoms with Crippen molar-refractivity contribution >= 4 is 17.6 Å². The first-order valence-corrected chi connectivity index (χ1v) is 7.08. The van der Waals surface area contributed by atoms with Crippen LogP contribution in [-0.2, 0) is 14.3 Å². The minimum absolute atomic E-state index is 0.0508. The second kappa shape index (κ2) is 6.26. The lowest BCUT2D eigenvalue weighted by Crippen LogP contribution is -2.31. The average Bonchev–Trinajstić information content (AvgIpc) is 2.72. The fourth-order valence-corrected chi connectivity index (χ4v) is 2.75. The Kier molecular flexibility index (Phi) is 4.63. The van der Waals surface area contributed by atoms with Gasteiger partial charge in [-0.15, -0.1) is 0 Å². The predicted molar refractivity (Wildman–Crippen MR) is 79.1 cm³/mol. The fraction of sp³-hybridized carbons (Fsp3) is 0.500. The first-order chi connectivity index (χ1) is 9.93. The van der Waals surface area contributed by atoms with Crippen LogP contribution in [0.5, 0.6) is 0 Å². The molecule has 1 aromatic carbocycles. The van der Waals surface area contributed by atoms with Gasteiger partial charge in [0, 0.05) is 5.69 Å². The monoisotopic (exact) mass is 291 g/mol. The summed E-state index contributed by atoms with van der Waals surface area (Å²) in [6.45, 7) is 5.93. The van der Waals surface area contributed by atoms with E-state index >= 15 is 0 Å². The van der Waals surface area contributed by atoms with Crippen LogP contribution in [0.2, 0.25) is 0 Å². The molecule has 0 aliphatic carbocycles. The van der Waals surface area contributed by atoms with Crippen molar-refractivity contribution in [2.45, 2.75) is 33.0 Å². The summed E-state index contributed by atoms with van der Waals surface area (Å²) < 4.78 is 10.3. The summed E-state index contributed by atoms with van der Waals surface area (Å²) >= 11 is 0. The molecule has 1 heterocycles. The third-order valence-corrected chi connectivity index (χ3v) is 4.12. The molecule has 0 radical (unpaired) electrons. The highest BCUT2D eigenvalue weighted by atomic mass is 16.5. The van der Waals surface area contributed by atoms with Crippen LogP contribution in [0.3, 0.4) is 0 Å². The van der Waals surface area contributed by atoms with Crippen LogP contribution in [0.4, 0.5) is 5.69 Å². The first-order valence-electron chi connectivity index (χ1n) is 7.08. The maximum Gasteiger partial charge on any atom is 0.337 e. The molecule has 0 bridgehead atoms. The number of rotatable bonds is 3. The van der Waals surface area contributed by atoms with E-state index in [0.29, 0.717) is 11.3 Å². The van der Waals surface area contributed by atoms with Crippen molar-refractivity contribution in [3.63, 3.8) is 0 Å². The smallest absolute Gasteiger partial charge is 0.337 e. The summed E-state index contributed by atoms with van der Waals surface area (Å²) in [5, 5.41) is 2.88. The lowest BCUT2D eigenvalue weighted by Gasteiger charge is -2.18. The number of carbonyl (C=O) groups is 2. The molecule has 1 amide bonds. The van der Waals surface area contributed by atoms with E-state index in [1.807, 2.05) is 20.8 Å². The molecular formula is C16H21NO4. The molecule has 2 rings (SSSR count). The molecule has 4 atom stereocenters. The summed E-state index contributed by atoms with van der Waals surface area (Å²) in [7, 11) is 1.34. The number of anilines is 1. The van der Waals surface area contributed by atoms with E-state index in [0.717, 1.165) is 0 Å². The number of hydrogen-bond acceptors (Lipinski definition) is 4. The van der Waals surface area contributed by atoms with Gasteiger partial charge in [-0.3, -0.25) is 4.79 Å². The number of hydrogen-bond donors (Lipinski definition) is 1. The van der Waals surface area contributed by atoms with Gasteiger partial charge in [0.1, 0.15) is 0 Å². The highest BCUT2D eigenvalue weighted by Gasteiger charge is 2.41. The number of esters is 1. The lowest BCUT2D eigenvalue weighted by atomic mass is 9.89. The molecule has 1 N–H and O–H groups in total. The summed E-state index contributed by atoms with van der Waals surface area (Å²) in [5.74, 6) is -0.437. The number of carbonyl (C=O) groups excluding carboxylic acids is 2. The molecule has 0 aromatic heterocycles. The summed E-state index contributed by atoms with van der Waals surface area (Å²) in [5.41, 5.74) is 1.11. The van der Waals surface area contributed by atoms with Gasteiger partial charge in [-0.1, -0.05) is 6.92 Å². The molecule has 1 aromatic rings. The largest absolute Gasteiger partial charge is 0.465 e. The van der Waals surface area contributed by atoms with Crippen molar-refractivity contribution in [1.82, 2.24) is 0 Å². The number of nitrogens with one attached hydrogen (secondary N) is 1. The van der Waals surface area contributed by atoms with Crippen LogP contribution in [0, 0.1) is 11.8 Å². The Morgan fingerprint density at radius 1 is 1.10 bits per heavy atom. The molecule has 21 heavy (non-hydrogen) atoms. The highest BCUT2D eigenvalue weighted by molar-refractivity contribution is 5.94. The van der Waals surface area contributed by atoms with Gasteiger partial charge >= 0.3 is 5.97 Å². The van der Waals surface area contributed by atoms with Crippen LogP contribution in [0.1, 0.15) is 31.1 Å². The van der Waals surface area contributed by atoms with E-state index in [1.165, 1.54) is 7.11 Å². The zero-order valence-corrected chi connectivity index (χ0v) is 12.8. The van der Waals surface area contributed by atoms with Gasteiger partial charge in [0.05, 0.1) is 30.8 Å². The highest BCUT2D eigenvalue weighted by Crippen LogP contribution is 2.32. The van der Waals surface area contributed by atoms with E-state index in [2.05, 4.69) is 10.1 Å². The van der Waals surface area contributed by atoms with E-state index < -0.39 is 5.97 Å². The molecular weight excluding hydrogens is 270 g/mol. The Hall–Kier alpha value is -1.88. The Labute approximate surface area is 124 Å². The molecule has 4 unspecified atom stereocenters.